The molecule has 1 atom stereocenters. The topological polar surface area (TPSA) is 90.9 Å². The summed E-state index contributed by atoms with van der Waals surface area (Å²) >= 11 is 0. The molecule has 2 aromatic carbocycles. The SMILES string of the molecule is COc1ccc(CNC(=O)COC(=O)C2(C)Cc3ccccc3C(=O)O2)cc1. The van der Waals surface area contributed by atoms with Crippen LogP contribution in [0, 0.1) is 0 Å². The number of carbonyl (C=O) groups excluding carboxylic acids is 3. The number of nitrogens with one attached hydrogen (secondary N) is 1. The summed E-state index contributed by atoms with van der Waals surface area (Å²) in [4.78, 5) is 36.5. The van der Waals surface area contributed by atoms with Gasteiger partial charge in [-0.3, -0.25) is 4.79 Å². The molecule has 7 heteroatoms. The Bertz CT molecular complexity index is 892. The predicted molar refractivity (Wildman–Crippen MR) is 99.8 cm³/mol. The second-order valence-electron chi connectivity index (χ2n) is 6.66. The number of benzene rings is 2. The third kappa shape index (κ3) is 4.31. The monoisotopic (exact) mass is 383 g/mol. The second-order valence-corrected chi connectivity index (χ2v) is 6.66. The molecule has 146 valence electrons. The molecule has 0 fully saturated rings. The summed E-state index contributed by atoms with van der Waals surface area (Å²) in [5.41, 5.74) is 0.569. The summed E-state index contributed by atoms with van der Waals surface area (Å²) < 4.78 is 15.5. The molecule has 1 N–H and O–H groups in total. The van der Waals surface area contributed by atoms with E-state index < -0.39 is 30.1 Å². The van der Waals surface area contributed by atoms with Crippen molar-refractivity contribution in [1.82, 2.24) is 5.32 Å². The lowest BCUT2D eigenvalue weighted by Gasteiger charge is -2.32. The lowest BCUT2D eigenvalue weighted by molar-refractivity contribution is -0.167. The number of carbonyl (C=O) groups is 3. The Balaban J connectivity index is 1.52. The van der Waals surface area contributed by atoms with Gasteiger partial charge in [-0.05, 0) is 36.2 Å². The van der Waals surface area contributed by atoms with Crippen molar-refractivity contribution in [1.29, 1.82) is 0 Å². The van der Waals surface area contributed by atoms with Crippen LogP contribution in [-0.4, -0.2) is 37.2 Å². The van der Waals surface area contributed by atoms with Gasteiger partial charge in [-0.25, -0.2) is 9.59 Å². The molecule has 0 radical (unpaired) electrons. The number of rotatable bonds is 6. The van der Waals surface area contributed by atoms with Crippen LogP contribution in [0.4, 0.5) is 0 Å². The maximum atomic E-state index is 12.4. The number of ether oxygens (including phenoxy) is 3. The number of amides is 1. The summed E-state index contributed by atoms with van der Waals surface area (Å²) in [6.45, 7) is 1.32. The smallest absolute Gasteiger partial charge is 0.351 e. The molecule has 28 heavy (non-hydrogen) atoms. The normalized spacial score (nSPS) is 17.9. The molecule has 3 rings (SSSR count). The number of fused-ring (bicyclic) bond motifs is 1. The summed E-state index contributed by atoms with van der Waals surface area (Å²) in [5.74, 6) is -1.06. The van der Waals surface area contributed by atoms with E-state index in [0.29, 0.717) is 17.7 Å². The van der Waals surface area contributed by atoms with E-state index in [1.54, 1.807) is 43.5 Å². The molecular formula is C21H21NO6. The highest BCUT2D eigenvalue weighted by atomic mass is 16.6. The first-order chi connectivity index (χ1) is 13.4. The minimum absolute atomic E-state index is 0.196. The minimum Gasteiger partial charge on any atom is -0.497 e. The van der Waals surface area contributed by atoms with E-state index in [-0.39, 0.29) is 6.42 Å². The van der Waals surface area contributed by atoms with Gasteiger partial charge < -0.3 is 19.5 Å². The highest BCUT2D eigenvalue weighted by molar-refractivity contribution is 5.96. The second kappa shape index (κ2) is 8.12. The van der Waals surface area contributed by atoms with Gasteiger partial charge in [0.25, 0.3) is 5.91 Å². The maximum absolute atomic E-state index is 12.4. The number of hydrogen-bond donors (Lipinski definition) is 1. The first-order valence-corrected chi connectivity index (χ1v) is 8.79. The van der Waals surface area contributed by atoms with E-state index in [2.05, 4.69) is 5.32 Å². The first kappa shape index (κ1) is 19.4. The average molecular weight is 383 g/mol. The Morgan fingerprint density at radius 2 is 1.86 bits per heavy atom. The highest BCUT2D eigenvalue weighted by Gasteiger charge is 2.44. The quantitative estimate of drug-likeness (QED) is 0.768. The van der Waals surface area contributed by atoms with Crippen molar-refractivity contribution in [2.24, 2.45) is 0 Å². The fourth-order valence-corrected chi connectivity index (χ4v) is 2.93. The van der Waals surface area contributed by atoms with Crippen molar-refractivity contribution in [2.75, 3.05) is 13.7 Å². The van der Waals surface area contributed by atoms with Gasteiger partial charge in [-0.2, -0.15) is 0 Å². The van der Waals surface area contributed by atoms with E-state index in [0.717, 1.165) is 11.3 Å². The molecule has 1 heterocycles. The first-order valence-electron chi connectivity index (χ1n) is 8.79. The van der Waals surface area contributed by atoms with Crippen LogP contribution in [0.15, 0.2) is 48.5 Å². The van der Waals surface area contributed by atoms with Crippen LogP contribution in [0.5, 0.6) is 5.75 Å². The standard InChI is InChI=1S/C21H21NO6/c1-21(11-15-5-3-4-6-17(15)19(24)28-21)20(25)27-13-18(23)22-12-14-7-9-16(26-2)10-8-14/h3-10H,11-13H2,1-2H3,(H,22,23). The zero-order valence-corrected chi connectivity index (χ0v) is 15.7. The van der Waals surface area contributed by atoms with Crippen LogP contribution in [0.3, 0.4) is 0 Å². The lowest BCUT2D eigenvalue weighted by Crippen LogP contribution is -2.47. The Hall–Kier alpha value is -3.35. The van der Waals surface area contributed by atoms with E-state index >= 15 is 0 Å². The van der Waals surface area contributed by atoms with Gasteiger partial charge in [-0.15, -0.1) is 0 Å². The van der Waals surface area contributed by atoms with Crippen LogP contribution in [0.2, 0.25) is 0 Å². The minimum atomic E-state index is -1.46. The van der Waals surface area contributed by atoms with Crippen LogP contribution in [-0.2, 0) is 32.0 Å². The van der Waals surface area contributed by atoms with Crippen molar-refractivity contribution in [2.45, 2.75) is 25.5 Å². The van der Waals surface area contributed by atoms with Crippen molar-refractivity contribution in [3.05, 3.63) is 65.2 Å². The van der Waals surface area contributed by atoms with Gasteiger partial charge in [0.15, 0.2) is 6.61 Å². The van der Waals surface area contributed by atoms with E-state index in [1.807, 2.05) is 12.1 Å². The molecule has 1 aliphatic heterocycles. The van der Waals surface area contributed by atoms with Crippen molar-refractivity contribution in [3.8, 4) is 5.75 Å². The van der Waals surface area contributed by atoms with Crippen molar-refractivity contribution in [3.63, 3.8) is 0 Å². The molecule has 0 aromatic heterocycles. The van der Waals surface area contributed by atoms with Crippen LogP contribution in [0.1, 0.15) is 28.4 Å². The predicted octanol–water partition coefficient (Wildman–Crippen LogP) is 2.03. The van der Waals surface area contributed by atoms with Crippen molar-refractivity contribution >= 4 is 17.8 Å². The van der Waals surface area contributed by atoms with E-state index in [9.17, 15) is 14.4 Å². The maximum Gasteiger partial charge on any atom is 0.351 e. The zero-order valence-electron chi connectivity index (χ0n) is 15.7. The van der Waals surface area contributed by atoms with Gasteiger partial charge in [0.05, 0.1) is 12.7 Å². The summed E-state index contributed by atoms with van der Waals surface area (Å²) in [7, 11) is 1.58. The van der Waals surface area contributed by atoms with Crippen LogP contribution >= 0.6 is 0 Å². The van der Waals surface area contributed by atoms with Gasteiger partial charge in [0, 0.05) is 13.0 Å². The van der Waals surface area contributed by atoms with E-state index in [4.69, 9.17) is 14.2 Å². The largest absolute Gasteiger partial charge is 0.497 e. The molecular weight excluding hydrogens is 362 g/mol. The average Bonchev–Trinajstić information content (AvgIpc) is 2.70. The van der Waals surface area contributed by atoms with Gasteiger partial charge in [0.1, 0.15) is 5.75 Å². The molecule has 0 aliphatic carbocycles. The number of hydrogen-bond acceptors (Lipinski definition) is 6. The lowest BCUT2D eigenvalue weighted by atomic mass is 9.90. The van der Waals surface area contributed by atoms with Crippen LogP contribution in [0.25, 0.3) is 0 Å². The third-order valence-corrected chi connectivity index (χ3v) is 4.50. The fraction of sp³-hybridized carbons (Fsp3) is 0.286. The molecule has 0 spiro atoms. The Morgan fingerprint density at radius 3 is 2.57 bits per heavy atom. The summed E-state index contributed by atoms with van der Waals surface area (Å²) in [5, 5.41) is 2.67. The Kier molecular flexibility index (Phi) is 5.63. The van der Waals surface area contributed by atoms with Gasteiger partial charge in [0.2, 0.25) is 5.60 Å². The molecule has 1 aliphatic rings. The number of cyclic esters (lactones) is 1. The third-order valence-electron chi connectivity index (χ3n) is 4.50. The van der Waals surface area contributed by atoms with Gasteiger partial charge >= 0.3 is 11.9 Å². The fourth-order valence-electron chi connectivity index (χ4n) is 2.93. The molecule has 0 bridgehead atoms. The summed E-state index contributed by atoms with van der Waals surface area (Å²) in [6, 6.07) is 14.2. The number of methoxy groups -OCH3 is 1. The Labute approximate surface area is 162 Å². The highest BCUT2D eigenvalue weighted by Crippen LogP contribution is 2.29. The Morgan fingerprint density at radius 1 is 1.14 bits per heavy atom. The molecule has 2 aromatic rings. The van der Waals surface area contributed by atoms with Crippen molar-refractivity contribution < 1.29 is 28.6 Å². The van der Waals surface area contributed by atoms with Crippen LogP contribution < -0.4 is 10.1 Å². The summed E-state index contributed by atoms with van der Waals surface area (Å²) in [6.07, 6.45) is 0.196. The van der Waals surface area contributed by atoms with E-state index in [1.165, 1.54) is 6.92 Å². The molecule has 1 unspecified atom stereocenters. The molecule has 1 amide bonds. The number of esters is 2. The molecule has 0 saturated carbocycles. The zero-order chi connectivity index (χ0) is 20.1. The van der Waals surface area contributed by atoms with Gasteiger partial charge in [-0.1, -0.05) is 30.3 Å². The molecule has 7 nitrogen and oxygen atoms in total. The molecule has 0 saturated heterocycles.